The van der Waals surface area contributed by atoms with Gasteiger partial charge in [0.05, 0.1) is 22.0 Å². The average molecular weight is 539 g/mol. The predicted octanol–water partition coefficient (Wildman–Crippen LogP) is 5.62. The molecule has 0 N–H and O–H groups in total. The highest BCUT2D eigenvalue weighted by Crippen LogP contribution is 2.24. The molecule has 4 rings (SSSR count). The van der Waals surface area contributed by atoms with Gasteiger partial charge in [-0.25, -0.2) is 9.37 Å². The number of nitro benzene ring substituents is 1. The van der Waals surface area contributed by atoms with Gasteiger partial charge in [0.2, 0.25) is 0 Å². The molecule has 4 aromatic rings. The molecule has 0 aliphatic carbocycles. The van der Waals surface area contributed by atoms with E-state index >= 15 is 0 Å². The highest BCUT2D eigenvalue weighted by molar-refractivity contribution is 9.10. The highest BCUT2D eigenvalue weighted by Gasteiger charge is 2.14. The third-order valence-corrected chi connectivity index (χ3v) is 5.64. The summed E-state index contributed by atoms with van der Waals surface area (Å²) < 4.78 is 21.2. The van der Waals surface area contributed by atoms with Crippen molar-refractivity contribution in [3.63, 3.8) is 0 Å². The first-order valence-electron chi connectivity index (χ1n) is 10.8. The third-order valence-electron chi connectivity index (χ3n) is 5.15. The minimum absolute atomic E-state index is 0.0446. The summed E-state index contributed by atoms with van der Waals surface area (Å²) >= 11 is 3.37. The number of rotatable bonds is 8. The minimum Gasteiger partial charge on any atom is -0.488 e. The molecule has 0 bridgehead atoms. The molecule has 0 spiro atoms. The van der Waals surface area contributed by atoms with Crippen LogP contribution >= 0.6 is 15.9 Å². The number of hydrogen-bond acceptors (Lipinski definition) is 6. The summed E-state index contributed by atoms with van der Waals surface area (Å²) in [6, 6.07) is 15.2. The number of nitro groups is 1. The van der Waals surface area contributed by atoms with E-state index < -0.39 is 10.7 Å². The zero-order valence-corrected chi connectivity index (χ0v) is 20.2. The molecule has 178 valence electrons. The molecule has 0 fully saturated rings. The van der Waals surface area contributed by atoms with Crippen LogP contribution in [0.15, 0.2) is 75.0 Å². The maximum Gasteiger partial charge on any atom is 0.282 e. The van der Waals surface area contributed by atoms with Crippen molar-refractivity contribution >= 4 is 38.7 Å². The SMILES string of the molecule is CCCc1nc2ccc(Br)cc2c(=O)n1N=Cc1cc([N+](=O)[O-])ccc1OCc1cccc(F)c1. The van der Waals surface area contributed by atoms with Gasteiger partial charge in [0.25, 0.3) is 11.2 Å². The van der Waals surface area contributed by atoms with Crippen molar-refractivity contribution in [2.75, 3.05) is 0 Å². The first-order valence-corrected chi connectivity index (χ1v) is 11.6. The van der Waals surface area contributed by atoms with Crippen LogP contribution in [0.25, 0.3) is 10.9 Å². The predicted molar refractivity (Wildman–Crippen MR) is 135 cm³/mol. The second-order valence-electron chi connectivity index (χ2n) is 7.70. The van der Waals surface area contributed by atoms with Gasteiger partial charge in [-0.1, -0.05) is 35.0 Å². The van der Waals surface area contributed by atoms with Gasteiger partial charge in [-0.3, -0.25) is 14.9 Å². The molecule has 35 heavy (non-hydrogen) atoms. The van der Waals surface area contributed by atoms with Crippen molar-refractivity contribution < 1.29 is 14.1 Å². The number of benzene rings is 3. The fraction of sp³-hybridized carbons (Fsp3) is 0.160. The van der Waals surface area contributed by atoms with Crippen molar-refractivity contribution in [2.45, 2.75) is 26.4 Å². The number of non-ortho nitro benzene ring substituents is 1. The maximum absolute atomic E-state index is 13.5. The Morgan fingerprint density at radius 1 is 1.20 bits per heavy atom. The Kier molecular flexibility index (Phi) is 7.31. The average Bonchev–Trinajstić information content (AvgIpc) is 2.83. The van der Waals surface area contributed by atoms with Crippen LogP contribution < -0.4 is 10.3 Å². The van der Waals surface area contributed by atoms with Crippen LogP contribution in [0.5, 0.6) is 5.75 Å². The molecule has 3 aromatic carbocycles. The molecule has 0 radical (unpaired) electrons. The fourth-order valence-corrected chi connectivity index (χ4v) is 3.85. The molecule has 1 aromatic heterocycles. The highest BCUT2D eigenvalue weighted by atomic mass is 79.9. The molecule has 1 heterocycles. The molecular weight excluding hydrogens is 519 g/mol. The third kappa shape index (κ3) is 5.60. The largest absolute Gasteiger partial charge is 0.488 e. The minimum atomic E-state index is -0.530. The van der Waals surface area contributed by atoms with Crippen molar-refractivity contribution in [1.82, 2.24) is 9.66 Å². The molecule has 0 aliphatic rings. The van der Waals surface area contributed by atoms with Crippen molar-refractivity contribution in [3.8, 4) is 5.75 Å². The number of fused-ring (bicyclic) bond motifs is 1. The van der Waals surface area contributed by atoms with Crippen LogP contribution in [0.3, 0.4) is 0 Å². The van der Waals surface area contributed by atoms with Gasteiger partial charge in [-0.2, -0.15) is 9.78 Å². The normalized spacial score (nSPS) is 11.3. The molecule has 0 atom stereocenters. The molecule has 0 saturated carbocycles. The lowest BCUT2D eigenvalue weighted by Gasteiger charge is -2.11. The molecule has 0 unspecified atom stereocenters. The Bertz CT molecular complexity index is 1500. The van der Waals surface area contributed by atoms with Crippen LogP contribution in [-0.4, -0.2) is 20.8 Å². The van der Waals surface area contributed by atoms with E-state index in [2.05, 4.69) is 26.0 Å². The second kappa shape index (κ2) is 10.6. The summed E-state index contributed by atoms with van der Waals surface area (Å²) in [4.78, 5) is 28.6. The molecule has 8 nitrogen and oxygen atoms in total. The van der Waals surface area contributed by atoms with Gasteiger partial charge < -0.3 is 4.74 Å². The molecule has 0 aliphatic heterocycles. The van der Waals surface area contributed by atoms with E-state index in [4.69, 9.17) is 4.74 Å². The Labute approximate surface area is 208 Å². The number of aryl methyl sites for hydroxylation is 1. The first-order chi connectivity index (χ1) is 16.9. The fourth-order valence-electron chi connectivity index (χ4n) is 3.49. The second-order valence-corrected chi connectivity index (χ2v) is 8.61. The zero-order valence-electron chi connectivity index (χ0n) is 18.6. The van der Waals surface area contributed by atoms with Gasteiger partial charge in [-0.05, 0) is 48.4 Å². The Balaban J connectivity index is 1.76. The van der Waals surface area contributed by atoms with E-state index in [0.717, 1.165) is 10.9 Å². The number of hydrogen-bond donors (Lipinski definition) is 0. The lowest BCUT2D eigenvalue weighted by Crippen LogP contribution is -2.22. The molecule has 0 amide bonds. The summed E-state index contributed by atoms with van der Waals surface area (Å²) in [6.07, 6.45) is 2.58. The lowest BCUT2D eigenvalue weighted by molar-refractivity contribution is -0.384. The van der Waals surface area contributed by atoms with Crippen LogP contribution in [0.4, 0.5) is 10.1 Å². The van der Waals surface area contributed by atoms with Crippen LogP contribution in [0.2, 0.25) is 0 Å². The standard InChI is InChI=1S/C25H20BrFN4O4/c1-2-4-24-29-22-9-7-18(26)13-21(22)25(32)30(24)28-14-17-12-20(31(33)34)8-10-23(17)35-15-16-5-3-6-19(27)11-16/h3,5-14H,2,4,15H2,1H3. The number of halogens is 2. The van der Waals surface area contributed by atoms with Gasteiger partial charge in [0.15, 0.2) is 0 Å². The van der Waals surface area contributed by atoms with E-state index in [0.29, 0.717) is 40.0 Å². The van der Waals surface area contributed by atoms with E-state index in [1.165, 1.54) is 41.2 Å². The van der Waals surface area contributed by atoms with E-state index in [1.807, 2.05) is 13.0 Å². The number of ether oxygens (including phenoxy) is 1. The first kappa shape index (κ1) is 24.2. The summed E-state index contributed by atoms with van der Waals surface area (Å²) in [7, 11) is 0. The van der Waals surface area contributed by atoms with Crippen LogP contribution in [0, 0.1) is 15.9 Å². The maximum atomic E-state index is 13.5. The van der Waals surface area contributed by atoms with E-state index in [-0.39, 0.29) is 17.9 Å². The zero-order chi connectivity index (χ0) is 24.9. The number of nitrogens with zero attached hydrogens (tertiary/aromatic N) is 4. The Hall–Kier alpha value is -3.92. The summed E-state index contributed by atoms with van der Waals surface area (Å²) in [5.41, 5.74) is 0.925. The van der Waals surface area contributed by atoms with Crippen molar-refractivity contribution in [2.24, 2.45) is 5.10 Å². The summed E-state index contributed by atoms with van der Waals surface area (Å²) in [6.45, 7) is 2.01. The van der Waals surface area contributed by atoms with Crippen molar-refractivity contribution in [3.05, 3.63) is 108 Å². The topological polar surface area (TPSA) is 99.6 Å². The smallest absolute Gasteiger partial charge is 0.282 e. The van der Waals surface area contributed by atoms with Crippen LogP contribution in [-0.2, 0) is 13.0 Å². The van der Waals surface area contributed by atoms with Gasteiger partial charge >= 0.3 is 0 Å². The number of aromatic nitrogens is 2. The summed E-state index contributed by atoms with van der Waals surface area (Å²) in [5, 5.41) is 16.1. The van der Waals surface area contributed by atoms with Crippen molar-refractivity contribution in [1.29, 1.82) is 0 Å². The van der Waals surface area contributed by atoms with Gasteiger partial charge in [0.1, 0.15) is 24.0 Å². The monoisotopic (exact) mass is 538 g/mol. The van der Waals surface area contributed by atoms with Gasteiger partial charge in [-0.15, -0.1) is 0 Å². The lowest BCUT2D eigenvalue weighted by atomic mass is 10.2. The Morgan fingerprint density at radius 2 is 2.03 bits per heavy atom. The Morgan fingerprint density at radius 3 is 2.77 bits per heavy atom. The molecule has 0 saturated heterocycles. The van der Waals surface area contributed by atoms with E-state index in [9.17, 15) is 19.3 Å². The van der Waals surface area contributed by atoms with Crippen LogP contribution in [0.1, 0.15) is 30.3 Å². The molecular formula is C25H20BrFN4O4. The molecule has 10 heteroatoms. The van der Waals surface area contributed by atoms with Gasteiger partial charge in [0, 0.05) is 28.6 Å². The van der Waals surface area contributed by atoms with E-state index in [1.54, 1.807) is 24.3 Å². The quantitative estimate of drug-likeness (QED) is 0.164. The summed E-state index contributed by atoms with van der Waals surface area (Å²) in [5.74, 6) is 0.372.